The number of nitrogens with zero attached hydrogens (tertiary/aromatic N) is 1. The van der Waals surface area contributed by atoms with Crippen molar-refractivity contribution in [1.82, 2.24) is 4.90 Å². The van der Waals surface area contributed by atoms with Gasteiger partial charge in [-0.3, -0.25) is 9.69 Å². The Bertz CT molecular complexity index is 601. The highest BCUT2D eigenvalue weighted by Gasteiger charge is 2.41. The molecule has 1 atom stereocenters. The first kappa shape index (κ1) is 15.9. The number of fused-ring (bicyclic) bond motifs is 1. The van der Waals surface area contributed by atoms with Crippen LogP contribution < -0.4 is 9.47 Å². The minimum atomic E-state index is -0.718. The molecule has 0 aromatic heterocycles. The van der Waals surface area contributed by atoms with Crippen molar-refractivity contribution in [1.29, 1.82) is 0 Å². The van der Waals surface area contributed by atoms with Gasteiger partial charge in [-0.2, -0.15) is 0 Å². The standard InChI is InChI=1S/C18H23NO4/c1-2-6-18(17(20)21)7-3-8-19(13-18)12-14-4-5-15-16(11-14)23-10-9-22-15/h2,4-5,11H,1,3,6-10,12-13H2,(H,20,21). The van der Waals surface area contributed by atoms with Gasteiger partial charge in [-0.15, -0.1) is 6.58 Å². The normalized spacial score (nSPS) is 24.2. The third-order valence-corrected chi connectivity index (χ3v) is 4.66. The van der Waals surface area contributed by atoms with Crippen molar-refractivity contribution in [3.05, 3.63) is 36.4 Å². The first-order valence-corrected chi connectivity index (χ1v) is 8.08. The molecule has 5 nitrogen and oxygen atoms in total. The topological polar surface area (TPSA) is 59.0 Å². The maximum Gasteiger partial charge on any atom is 0.311 e. The molecule has 5 heteroatoms. The second kappa shape index (κ2) is 6.62. The van der Waals surface area contributed by atoms with E-state index in [2.05, 4.69) is 11.5 Å². The summed E-state index contributed by atoms with van der Waals surface area (Å²) in [6.45, 7) is 7.08. The second-order valence-electron chi connectivity index (χ2n) is 6.37. The number of aliphatic carboxylic acids is 1. The number of rotatable bonds is 5. The summed E-state index contributed by atoms with van der Waals surface area (Å²) in [5, 5.41) is 9.65. The van der Waals surface area contributed by atoms with Gasteiger partial charge in [0.25, 0.3) is 0 Å². The average Bonchev–Trinajstić information content (AvgIpc) is 2.55. The Balaban J connectivity index is 1.72. The van der Waals surface area contributed by atoms with Gasteiger partial charge in [0.1, 0.15) is 13.2 Å². The van der Waals surface area contributed by atoms with Crippen LogP contribution in [0.1, 0.15) is 24.8 Å². The molecule has 2 aliphatic rings. The summed E-state index contributed by atoms with van der Waals surface area (Å²) in [5.41, 5.74) is 0.419. The molecule has 23 heavy (non-hydrogen) atoms. The smallest absolute Gasteiger partial charge is 0.311 e. The number of ether oxygens (including phenoxy) is 2. The first-order chi connectivity index (χ1) is 11.1. The van der Waals surface area contributed by atoms with Gasteiger partial charge in [-0.25, -0.2) is 0 Å². The predicted octanol–water partition coefficient (Wildman–Crippen LogP) is 2.70. The van der Waals surface area contributed by atoms with E-state index in [1.165, 1.54) is 0 Å². The number of piperidine rings is 1. The number of carbonyl (C=O) groups is 1. The van der Waals surface area contributed by atoms with E-state index < -0.39 is 11.4 Å². The van der Waals surface area contributed by atoms with Crippen LogP contribution in [0.5, 0.6) is 11.5 Å². The summed E-state index contributed by atoms with van der Waals surface area (Å²) in [7, 11) is 0. The lowest BCUT2D eigenvalue weighted by atomic mass is 9.77. The fraction of sp³-hybridized carbons (Fsp3) is 0.500. The van der Waals surface area contributed by atoms with E-state index in [0.29, 0.717) is 32.6 Å². The molecule has 0 saturated carbocycles. The van der Waals surface area contributed by atoms with E-state index in [-0.39, 0.29) is 0 Å². The summed E-state index contributed by atoms with van der Waals surface area (Å²) in [4.78, 5) is 14.0. The highest BCUT2D eigenvalue weighted by molar-refractivity contribution is 5.75. The molecule has 1 unspecified atom stereocenters. The van der Waals surface area contributed by atoms with Crippen LogP contribution in [0.2, 0.25) is 0 Å². The lowest BCUT2D eigenvalue weighted by Crippen LogP contribution is -2.47. The number of hydrogen-bond acceptors (Lipinski definition) is 4. The molecular weight excluding hydrogens is 294 g/mol. The molecule has 0 spiro atoms. The molecule has 1 aromatic carbocycles. The van der Waals surface area contributed by atoms with Crippen molar-refractivity contribution in [2.45, 2.75) is 25.8 Å². The highest BCUT2D eigenvalue weighted by atomic mass is 16.6. The molecule has 2 heterocycles. The molecule has 0 bridgehead atoms. The average molecular weight is 317 g/mol. The van der Waals surface area contributed by atoms with Gasteiger partial charge in [-0.05, 0) is 43.5 Å². The largest absolute Gasteiger partial charge is 0.486 e. The maximum atomic E-state index is 11.7. The zero-order valence-electron chi connectivity index (χ0n) is 13.3. The van der Waals surface area contributed by atoms with E-state index in [0.717, 1.165) is 36.6 Å². The number of benzene rings is 1. The summed E-state index contributed by atoms with van der Waals surface area (Å²) < 4.78 is 11.2. The van der Waals surface area contributed by atoms with Crippen LogP contribution in [0, 0.1) is 5.41 Å². The van der Waals surface area contributed by atoms with Crippen molar-refractivity contribution in [3.8, 4) is 11.5 Å². The summed E-state index contributed by atoms with van der Waals surface area (Å²) in [6, 6.07) is 5.96. The minimum absolute atomic E-state index is 0.514. The van der Waals surface area contributed by atoms with E-state index in [9.17, 15) is 9.90 Å². The van der Waals surface area contributed by atoms with Crippen molar-refractivity contribution in [3.63, 3.8) is 0 Å². The Morgan fingerprint density at radius 3 is 2.87 bits per heavy atom. The molecule has 1 aromatic rings. The van der Waals surface area contributed by atoms with Gasteiger partial charge in [0.2, 0.25) is 0 Å². The van der Waals surface area contributed by atoms with Gasteiger partial charge in [0, 0.05) is 13.1 Å². The maximum absolute atomic E-state index is 11.7. The van der Waals surface area contributed by atoms with Crippen molar-refractivity contribution in [2.24, 2.45) is 5.41 Å². The van der Waals surface area contributed by atoms with Gasteiger partial charge in [0.05, 0.1) is 5.41 Å². The zero-order valence-corrected chi connectivity index (χ0v) is 13.3. The minimum Gasteiger partial charge on any atom is -0.486 e. The van der Waals surface area contributed by atoms with Gasteiger partial charge in [-0.1, -0.05) is 12.1 Å². The van der Waals surface area contributed by atoms with Crippen LogP contribution in [0.25, 0.3) is 0 Å². The van der Waals surface area contributed by atoms with Crippen LogP contribution in [-0.4, -0.2) is 42.3 Å². The number of allylic oxidation sites excluding steroid dienone is 1. The molecule has 1 N–H and O–H groups in total. The molecule has 0 aliphatic carbocycles. The Morgan fingerprint density at radius 2 is 2.13 bits per heavy atom. The monoisotopic (exact) mass is 317 g/mol. The van der Waals surface area contributed by atoms with Gasteiger partial charge in [0.15, 0.2) is 11.5 Å². The van der Waals surface area contributed by atoms with Gasteiger partial charge < -0.3 is 14.6 Å². The molecule has 0 amide bonds. The van der Waals surface area contributed by atoms with Crippen LogP contribution in [0.15, 0.2) is 30.9 Å². The molecule has 1 saturated heterocycles. The van der Waals surface area contributed by atoms with E-state index in [1.807, 2.05) is 18.2 Å². The number of hydrogen-bond donors (Lipinski definition) is 1. The first-order valence-electron chi connectivity index (χ1n) is 8.08. The van der Waals surface area contributed by atoms with Crippen LogP contribution >= 0.6 is 0 Å². The fourth-order valence-electron chi connectivity index (χ4n) is 3.51. The van der Waals surface area contributed by atoms with Crippen molar-refractivity contribution >= 4 is 5.97 Å². The molecule has 2 aliphatic heterocycles. The highest BCUT2D eigenvalue weighted by Crippen LogP contribution is 2.36. The van der Waals surface area contributed by atoms with Crippen molar-refractivity contribution in [2.75, 3.05) is 26.3 Å². The molecule has 1 fully saturated rings. The number of carboxylic acids is 1. The zero-order chi connectivity index (χ0) is 16.3. The lowest BCUT2D eigenvalue weighted by Gasteiger charge is -2.39. The van der Waals surface area contributed by atoms with E-state index in [4.69, 9.17) is 9.47 Å². The number of carboxylic acid groups (broad SMARTS) is 1. The Hall–Kier alpha value is -2.01. The quantitative estimate of drug-likeness (QED) is 0.846. The molecule has 3 rings (SSSR count). The van der Waals surface area contributed by atoms with Gasteiger partial charge >= 0.3 is 5.97 Å². The van der Waals surface area contributed by atoms with E-state index >= 15 is 0 Å². The summed E-state index contributed by atoms with van der Waals surface area (Å²) >= 11 is 0. The Morgan fingerprint density at radius 1 is 1.35 bits per heavy atom. The predicted molar refractivity (Wildman–Crippen MR) is 86.8 cm³/mol. The summed E-state index contributed by atoms with van der Waals surface area (Å²) in [6.07, 6.45) is 3.85. The third kappa shape index (κ3) is 3.34. The fourth-order valence-corrected chi connectivity index (χ4v) is 3.51. The Kier molecular flexibility index (Phi) is 4.57. The molecule has 0 radical (unpaired) electrons. The van der Waals surface area contributed by atoms with Crippen LogP contribution in [-0.2, 0) is 11.3 Å². The molecule has 124 valence electrons. The van der Waals surface area contributed by atoms with Crippen molar-refractivity contribution < 1.29 is 19.4 Å². The Labute approximate surface area is 136 Å². The lowest BCUT2D eigenvalue weighted by molar-refractivity contribution is -0.152. The summed E-state index contributed by atoms with van der Waals surface area (Å²) in [5.74, 6) is 0.843. The van der Waals surface area contributed by atoms with Crippen LogP contribution in [0.3, 0.4) is 0 Å². The van der Waals surface area contributed by atoms with E-state index in [1.54, 1.807) is 6.08 Å². The number of likely N-dealkylation sites (tertiary alicyclic amines) is 1. The SMILES string of the molecule is C=CCC1(C(=O)O)CCCN(Cc2ccc3c(c2)OCCO3)C1. The van der Waals surface area contributed by atoms with Crippen LogP contribution in [0.4, 0.5) is 0 Å². The molecular formula is C18H23NO4. The third-order valence-electron chi connectivity index (χ3n) is 4.66. The second-order valence-corrected chi connectivity index (χ2v) is 6.37.